The Labute approximate surface area is 451 Å². The second-order valence-electron chi connectivity index (χ2n) is 17.0. The van der Waals surface area contributed by atoms with Crippen LogP contribution in [0.4, 0.5) is 28.9 Å². The molecule has 78 heavy (non-hydrogen) atoms. The van der Waals surface area contributed by atoms with Gasteiger partial charge in [0.15, 0.2) is 11.6 Å². The van der Waals surface area contributed by atoms with Crippen molar-refractivity contribution in [2.75, 3.05) is 151 Å². The number of aromatic nitrogens is 2. The van der Waals surface area contributed by atoms with Gasteiger partial charge >= 0.3 is 5.97 Å². The van der Waals surface area contributed by atoms with Gasteiger partial charge in [0.05, 0.1) is 167 Å². The highest BCUT2D eigenvalue weighted by Crippen LogP contribution is 2.28. The van der Waals surface area contributed by atoms with Gasteiger partial charge in [-0.25, -0.2) is 13.8 Å². The van der Waals surface area contributed by atoms with Gasteiger partial charge in [0.1, 0.15) is 11.6 Å². The van der Waals surface area contributed by atoms with E-state index in [9.17, 15) is 36.7 Å². The Hall–Kier alpha value is -5.87. The summed E-state index contributed by atoms with van der Waals surface area (Å²) in [5.41, 5.74) is 8.79. The number of aliphatic imine (C=N–C) groups is 1. The van der Waals surface area contributed by atoms with Crippen molar-refractivity contribution in [3.8, 4) is 5.75 Å². The first-order chi connectivity index (χ1) is 37.9. The molecule has 0 saturated carbocycles. The zero-order valence-corrected chi connectivity index (χ0v) is 44.3. The fourth-order valence-corrected chi connectivity index (χ4v) is 6.99. The monoisotopic (exact) mass is 1110 g/mol. The van der Waals surface area contributed by atoms with Gasteiger partial charge in [-0.05, 0) is 36.6 Å². The van der Waals surface area contributed by atoms with E-state index >= 15 is 0 Å². The highest BCUT2D eigenvalue weighted by molar-refractivity contribution is 6.07. The van der Waals surface area contributed by atoms with E-state index in [-0.39, 0.29) is 81.5 Å². The summed E-state index contributed by atoms with van der Waals surface area (Å²) in [4.78, 5) is 65.8. The lowest BCUT2D eigenvalue weighted by Gasteiger charge is -2.22. The van der Waals surface area contributed by atoms with Crippen molar-refractivity contribution in [1.29, 1.82) is 0 Å². The summed E-state index contributed by atoms with van der Waals surface area (Å²) < 4.78 is 112. The summed E-state index contributed by atoms with van der Waals surface area (Å²) in [6.45, 7) is 11.6. The predicted octanol–water partition coefficient (Wildman–Crippen LogP) is 5.37. The average molecular weight is 1110 g/mol. The Kier molecular flexibility index (Phi) is 32.0. The first kappa shape index (κ1) is 64.7. The minimum absolute atomic E-state index is 0.0123. The molecule has 0 fully saturated rings. The predicted molar refractivity (Wildman–Crippen MR) is 276 cm³/mol. The standard InChI is InChI=1S/C53H72F4N6O15/c1-3-7-63(8-4-2)53(67)39-31-45-46(62-47(58)33-39)32-40(36-60-45)52(66)61-41-29-38(35-59-37-41)30-42(64)5-9-68-11-13-70-15-17-72-19-21-74-23-25-76-27-28-77-26-24-75-22-20-73-18-16-71-14-12-69-10-6-48(65)78-51-49(56)43(54)34-44(55)50(51)57/h29,31-32,34-37H,3-28,30,33H2,1-2H3,(H2,58,62)(H,61,66). The van der Waals surface area contributed by atoms with E-state index in [2.05, 4.69) is 25.0 Å². The van der Waals surface area contributed by atoms with E-state index in [1.807, 2.05) is 13.8 Å². The van der Waals surface area contributed by atoms with Crippen LogP contribution in [0.3, 0.4) is 0 Å². The molecule has 432 valence electrons. The lowest BCUT2D eigenvalue weighted by Crippen LogP contribution is -2.34. The Morgan fingerprint density at radius 3 is 1.54 bits per heavy atom. The third-order valence-corrected chi connectivity index (χ3v) is 10.7. The molecular formula is C53H72F4N6O15. The largest absolute Gasteiger partial charge is 0.420 e. The third-order valence-electron chi connectivity index (χ3n) is 10.7. The number of nitrogens with one attached hydrogen (secondary N) is 1. The molecule has 0 saturated heterocycles. The summed E-state index contributed by atoms with van der Waals surface area (Å²) >= 11 is 0. The summed E-state index contributed by atoms with van der Waals surface area (Å²) in [5.74, 6) is -9.90. The Bertz CT molecular complexity index is 2340. The van der Waals surface area contributed by atoms with Gasteiger partial charge in [-0.3, -0.25) is 29.1 Å². The molecule has 0 atom stereocenters. The molecule has 0 unspecified atom stereocenters. The number of carbonyl (C=O) groups excluding carboxylic acids is 4. The molecule has 4 rings (SSSR count). The van der Waals surface area contributed by atoms with Gasteiger partial charge in [0.2, 0.25) is 23.3 Å². The molecule has 3 aromatic rings. The van der Waals surface area contributed by atoms with Crippen molar-refractivity contribution in [3.05, 3.63) is 82.5 Å². The number of ether oxygens (including phenoxy) is 11. The van der Waals surface area contributed by atoms with E-state index in [1.165, 1.54) is 12.4 Å². The average Bonchev–Trinajstić information content (AvgIpc) is 3.60. The summed E-state index contributed by atoms with van der Waals surface area (Å²) in [7, 11) is 0. The molecule has 2 amide bonds. The number of rotatable bonds is 43. The number of anilines is 1. The number of halogens is 4. The van der Waals surface area contributed by atoms with Crippen LogP contribution in [0.15, 0.2) is 47.4 Å². The third kappa shape index (κ3) is 25.7. The SMILES string of the molecule is CCCN(CCC)C(=O)C1=Cc2ncc(C(=O)Nc3cncc(CC(=O)CCOCCOCCOCCOCCOCCOCCOCCOCCOCCOCCC(=O)Oc4c(F)c(F)cc(F)c4F)c3)cc2N=C(N)C1. The summed E-state index contributed by atoms with van der Waals surface area (Å²) in [5, 5.41) is 2.80. The van der Waals surface area contributed by atoms with E-state index in [0.717, 1.165) is 12.8 Å². The molecule has 2 aromatic heterocycles. The first-order valence-corrected chi connectivity index (χ1v) is 25.8. The summed E-state index contributed by atoms with van der Waals surface area (Å²) in [6, 6.07) is 3.27. The molecular weight excluding hydrogens is 1040 g/mol. The lowest BCUT2D eigenvalue weighted by atomic mass is 10.1. The number of nitrogens with zero attached hydrogens (tertiary/aromatic N) is 4. The Morgan fingerprint density at radius 1 is 0.603 bits per heavy atom. The fraction of sp³-hybridized carbons (Fsp3) is 0.566. The molecule has 25 heteroatoms. The van der Waals surface area contributed by atoms with Crippen LogP contribution in [0, 0.1) is 23.3 Å². The normalized spacial score (nSPS) is 12.2. The molecule has 0 radical (unpaired) electrons. The van der Waals surface area contributed by atoms with Crippen molar-refractivity contribution < 1.29 is 88.8 Å². The van der Waals surface area contributed by atoms with Crippen LogP contribution in [0.2, 0.25) is 0 Å². The molecule has 0 aliphatic carbocycles. The van der Waals surface area contributed by atoms with E-state index in [4.69, 9.17) is 53.1 Å². The van der Waals surface area contributed by atoms with Crippen LogP contribution in [0.1, 0.15) is 67.6 Å². The van der Waals surface area contributed by atoms with Crippen LogP contribution >= 0.6 is 0 Å². The van der Waals surface area contributed by atoms with Crippen molar-refractivity contribution in [2.24, 2.45) is 10.7 Å². The minimum atomic E-state index is -1.80. The van der Waals surface area contributed by atoms with Gasteiger partial charge in [-0.15, -0.1) is 0 Å². The molecule has 3 N–H and O–H groups in total. The quantitative estimate of drug-likeness (QED) is 0.0238. The molecule has 1 aliphatic heterocycles. The maximum Gasteiger partial charge on any atom is 0.313 e. The van der Waals surface area contributed by atoms with Gasteiger partial charge in [-0.1, -0.05) is 13.8 Å². The van der Waals surface area contributed by atoms with Gasteiger partial charge in [0.25, 0.3) is 5.91 Å². The van der Waals surface area contributed by atoms with Crippen LogP contribution in [0.25, 0.3) is 6.08 Å². The smallest absolute Gasteiger partial charge is 0.313 e. The highest BCUT2D eigenvalue weighted by atomic mass is 19.2. The number of esters is 1. The van der Waals surface area contributed by atoms with Crippen LogP contribution in [-0.2, 0) is 68.2 Å². The van der Waals surface area contributed by atoms with Crippen LogP contribution in [-0.4, -0.2) is 189 Å². The van der Waals surface area contributed by atoms with E-state index in [1.54, 1.807) is 29.3 Å². The highest BCUT2D eigenvalue weighted by Gasteiger charge is 2.24. The zero-order valence-electron chi connectivity index (χ0n) is 44.3. The topological polar surface area (TPSA) is 249 Å². The number of amidine groups is 1. The maximum atomic E-state index is 13.6. The number of fused-ring (bicyclic) bond motifs is 1. The molecule has 0 spiro atoms. The van der Waals surface area contributed by atoms with Crippen molar-refractivity contribution in [2.45, 2.75) is 52.4 Å². The molecule has 1 aliphatic rings. The fourth-order valence-electron chi connectivity index (χ4n) is 6.99. The molecule has 3 heterocycles. The Balaban J connectivity index is 0.876. The summed E-state index contributed by atoms with van der Waals surface area (Å²) in [6.07, 6.45) is 7.90. The van der Waals surface area contributed by atoms with Gasteiger partial charge < -0.3 is 68.1 Å². The number of benzene rings is 1. The second kappa shape index (κ2) is 38.7. The molecule has 0 bridgehead atoms. The van der Waals surface area contributed by atoms with Crippen molar-refractivity contribution >= 4 is 46.9 Å². The van der Waals surface area contributed by atoms with Crippen LogP contribution < -0.4 is 15.8 Å². The van der Waals surface area contributed by atoms with Gasteiger partial charge in [0, 0.05) is 56.4 Å². The second-order valence-corrected chi connectivity index (χ2v) is 17.0. The van der Waals surface area contributed by atoms with Gasteiger partial charge in [-0.2, -0.15) is 8.78 Å². The zero-order chi connectivity index (χ0) is 56.2. The number of carbonyl (C=O) groups is 4. The molecule has 1 aromatic carbocycles. The number of hydrogen-bond acceptors (Lipinski definition) is 19. The lowest BCUT2D eigenvalue weighted by molar-refractivity contribution is -0.136. The van der Waals surface area contributed by atoms with E-state index < -0.39 is 47.3 Å². The number of amides is 2. The maximum absolute atomic E-state index is 13.6. The van der Waals surface area contributed by atoms with E-state index in [0.29, 0.717) is 140 Å². The van der Waals surface area contributed by atoms with Crippen LogP contribution in [0.5, 0.6) is 5.75 Å². The Morgan fingerprint density at radius 2 is 1.06 bits per heavy atom. The first-order valence-electron chi connectivity index (χ1n) is 25.8. The minimum Gasteiger partial charge on any atom is -0.420 e. The number of pyridine rings is 2. The number of nitrogens with two attached hydrogens (primary N) is 1. The number of ketones is 1. The van der Waals surface area contributed by atoms with Crippen molar-refractivity contribution in [1.82, 2.24) is 14.9 Å². The number of hydrogen-bond donors (Lipinski definition) is 2. The van der Waals surface area contributed by atoms with Crippen molar-refractivity contribution in [3.63, 3.8) is 0 Å². The molecule has 21 nitrogen and oxygen atoms in total. The number of Topliss-reactive ketones (excluding diaryl/α,β-unsaturated/α-hetero) is 1.